The zero-order valence-electron chi connectivity index (χ0n) is 36.8. The topological polar surface area (TPSA) is 102 Å². The third-order valence-corrected chi connectivity index (χ3v) is 10.1. The van der Waals surface area contributed by atoms with Crippen molar-refractivity contribution >= 4 is 17.9 Å². The molecule has 0 aromatic carbocycles. The fraction of sp³-hybridized carbons (Fsp3) is 0.771. The van der Waals surface area contributed by atoms with Gasteiger partial charge in [0, 0.05) is 19.3 Å². The first-order valence-electron chi connectivity index (χ1n) is 22.7. The van der Waals surface area contributed by atoms with Crippen LogP contribution in [0.2, 0.25) is 0 Å². The molecule has 2 unspecified atom stereocenters. The van der Waals surface area contributed by atoms with Gasteiger partial charge >= 0.3 is 11.9 Å². The van der Waals surface area contributed by atoms with Crippen molar-refractivity contribution in [2.75, 3.05) is 41.0 Å². The second-order valence-corrected chi connectivity index (χ2v) is 16.4. The van der Waals surface area contributed by atoms with E-state index in [1.165, 1.54) is 89.9 Å². The fourth-order valence-electron chi connectivity index (χ4n) is 6.55. The van der Waals surface area contributed by atoms with E-state index in [2.05, 4.69) is 32.1 Å². The summed E-state index contributed by atoms with van der Waals surface area (Å²) in [6.07, 6.45) is 45.6. The van der Waals surface area contributed by atoms with Crippen LogP contribution >= 0.6 is 0 Å². The number of ether oxygens (including phenoxy) is 3. The molecular weight excluding hydrogens is 703 g/mol. The Morgan fingerprint density at radius 3 is 1.48 bits per heavy atom. The monoisotopic (exact) mass is 788 g/mol. The van der Waals surface area contributed by atoms with Crippen molar-refractivity contribution in [2.45, 2.75) is 199 Å². The van der Waals surface area contributed by atoms with E-state index in [4.69, 9.17) is 14.2 Å². The van der Waals surface area contributed by atoms with E-state index >= 15 is 0 Å². The van der Waals surface area contributed by atoms with Gasteiger partial charge in [0.15, 0.2) is 6.10 Å². The Balaban J connectivity index is 4.34. The Kier molecular flexibility index (Phi) is 37.2. The molecule has 324 valence electrons. The maximum Gasteiger partial charge on any atom is 0.306 e. The SMILES string of the molecule is CC/C=C/C=C/C=C/C=C/CCCCCCCC(=O)OC(COCCC(C(=O)[O-])[N+](C)(C)C)COC(=O)CCCCCCCCCCCCCCCCCCC. The van der Waals surface area contributed by atoms with Crippen molar-refractivity contribution in [3.63, 3.8) is 0 Å². The quantitative estimate of drug-likeness (QED) is 0.0264. The molecule has 0 aliphatic heterocycles. The molecule has 0 amide bonds. The van der Waals surface area contributed by atoms with Crippen LogP contribution in [-0.4, -0.2) is 75.5 Å². The van der Waals surface area contributed by atoms with Gasteiger partial charge in [-0.3, -0.25) is 9.59 Å². The number of rotatable bonds is 40. The molecule has 0 spiro atoms. The molecule has 0 saturated heterocycles. The summed E-state index contributed by atoms with van der Waals surface area (Å²) in [6.45, 7) is 4.51. The maximum absolute atomic E-state index is 12.7. The second kappa shape index (κ2) is 39.1. The predicted octanol–water partition coefficient (Wildman–Crippen LogP) is 11.1. The van der Waals surface area contributed by atoms with Gasteiger partial charge in [0.25, 0.3) is 0 Å². The number of carbonyl (C=O) groups is 3. The zero-order valence-corrected chi connectivity index (χ0v) is 36.8. The van der Waals surface area contributed by atoms with Crippen molar-refractivity contribution in [3.05, 3.63) is 48.6 Å². The average molecular weight is 788 g/mol. The average Bonchev–Trinajstić information content (AvgIpc) is 3.15. The molecule has 0 aromatic heterocycles. The summed E-state index contributed by atoms with van der Waals surface area (Å²) in [5.74, 6) is -1.76. The lowest BCUT2D eigenvalue weighted by Crippen LogP contribution is -2.55. The molecule has 0 rings (SSSR count). The van der Waals surface area contributed by atoms with Crippen LogP contribution in [-0.2, 0) is 28.6 Å². The summed E-state index contributed by atoms with van der Waals surface area (Å²) in [5.41, 5.74) is 0. The lowest BCUT2D eigenvalue weighted by molar-refractivity contribution is -0.889. The number of carboxylic acids is 1. The lowest BCUT2D eigenvalue weighted by atomic mass is 10.0. The number of unbranched alkanes of at least 4 members (excludes halogenated alkanes) is 21. The molecule has 0 aliphatic rings. The summed E-state index contributed by atoms with van der Waals surface area (Å²) < 4.78 is 17.2. The maximum atomic E-state index is 12.7. The zero-order chi connectivity index (χ0) is 41.4. The number of carbonyl (C=O) groups excluding carboxylic acids is 3. The van der Waals surface area contributed by atoms with Crippen LogP contribution in [0.15, 0.2) is 48.6 Å². The standard InChI is InChI=1S/C48H85NO7/c1-6-8-10-12-14-16-18-20-22-23-25-26-28-30-32-34-36-38-46(50)55-43-44(42-54-41-40-45(48(52)53)49(3,4)5)56-47(51)39-37-35-33-31-29-27-24-21-19-17-15-13-11-9-7-2/h9,11,13,15,17,19,21,24,44-45H,6-8,10,12,14,16,18,20,22-23,25-43H2,1-5H3/b11-9+,15-13+,19-17+,24-21+. The molecular formula is C48H85NO7. The molecule has 0 heterocycles. The number of likely N-dealkylation sites (N-methyl/N-ethyl adjacent to an activating group) is 1. The number of carboxylic acid groups (broad SMARTS) is 1. The molecule has 2 atom stereocenters. The molecule has 0 N–H and O–H groups in total. The number of nitrogens with zero attached hydrogens (tertiary/aromatic N) is 1. The van der Waals surface area contributed by atoms with Crippen LogP contribution in [0.5, 0.6) is 0 Å². The Morgan fingerprint density at radius 2 is 1.00 bits per heavy atom. The Bertz CT molecular complexity index is 1060. The second-order valence-electron chi connectivity index (χ2n) is 16.4. The summed E-state index contributed by atoms with van der Waals surface area (Å²) in [7, 11) is 5.40. The smallest absolute Gasteiger partial charge is 0.306 e. The fourth-order valence-corrected chi connectivity index (χ4v) is 6.55. The largest absolute Gasteiger partial charge is 0.544 e. The number of hydrogen-bond donors (Lipinski definition) is 0. The van der Waals surface area contributed by atoms with Crippen molar-refractivity contribution in [2.24, 2.45) is 0 Å². The van der Waals surface area contributed by atoms with Crippen molar-refractivity contribution in [1.29, 1.82) is 0 Å². The third-order valence-electron chi connectivity index (χ3n) is 10.1. The number of aliphatic carboxylic acids is 1. The highest BCUT2D eigenvalue weighted by molar-refractivity contribution is 5.70. The van der Waals surface area contributed by atoms with E-state index in [1.807, 2.05) is 30.4 Å². The Morgan fingerprint density at radius 1 is 0.554 bits per heavy atom. The van der Waals surface area contributed by atoms with Crippen molar-refractivity contribution in [3.8, 4) is 0 Å². The first-order chi connectivity index (χ1) is 27.1. The Hall–Kier alpha value is -2.71. The summed E-state index contributed by atoms with van der Waals surface area (Å²) in [4.78, 5) is 36.9. The van der Waals surface area contributed by atoms with Crippen molar-refractivity contribution < 1.29 is 38.2 Å². The van der Waals surface area contributed by atoms with Gasteiger partial charge in [-0.25, -0.2) is 0 Å². The normalized spacial score (nSPS) is 13.4. The molecule has 0 aliphatic carbocycles. The summed E-state index contributed by atoms with van der Waals surface area (Å²) in [6, 6.07) is -0.730. The van der Waals surface area contributed by atoms with Gasteiger partial charge in [-0.1, -0.05) is 184 Å². The predicted molar refractivity (Wildman–Crippen MR) is 231 cm³/mol. The van der Waals surface area contributed by atoms with Crippen LogP contribution in [0.1, 0.15) is 187 Å². The van der Waals surface area contributed by atoms with Crippen LogP contribution in [0.25, 0.3) is 0 Å². The number of allylic oxidation sites excluding steroid dienone is 8. The molecule has 8 heteroatoms. The molecule has 0 saturated carbocycles. The van der Waals surface area contributed by atoms with E-state index < -0.39 is 18.1 Å². The molecule has 0 bridgehead atoms. The van der Waals surface area contributed by atoms with Gasteiger partial charge in [-0.15, -0.1) is 0 Å². The summed E-state index contributed by atoms with van der Waals surface area (Å²) in [5, 5.41) is 11.6. The number of hydrogen-bond acceptors (Lipinski definition) is 7. The minimum Gasteiger partial charge on any atom is -0.544 e. The van der Waals surface area contributed by atoms with E-state index in [1.54, 1.807) is 21.1 Å². The Labute approximate surface area is 344 Å². The van der Waals surface area contributed by atoms with Gasteiger partial charge in [-0.2, -0.15) is 0 Å². The van der Waals surface area contributed by atoms with Crippen LogP contribution < -0.4 is 5.11 Å². The molecule has 8 nitrogen and oxygen atoms in total. The van der Waals surface area contributed by atoms with Gasteiger partial charge in [0.05, 0.1) is 40.3 Å². The van der Waals surface area contributed by atoms with Gasteiger partial charge in [0.2, 0.25) is 0 Å². The van der Waals surface area contributed by atoms with Gasteiger partial charge in [0.1, 0.15) is 12.6 Å². The molecule has 0 aromatic rings. The van der Waals surface area contributed by atoms with E-state index in [9.17, 15) is 19.5 Å². The van der Waals surface area contributed by atoms with Crippen LogP contribution in [0, 0.1) is 0 Å². The number of quaternary nitrogens is 1. The minimum absolute atomic E-state index is 0.0317. The summed E-state index contributed by atoms with van der Waals surface area (Å²) >= 11 is 0. The molecule has 0 fully saturated rings. The lowest BCUT2D eigenvalue weighted by Gasteiger charge is -2.34. The van der Waals surface area contributed by atoms with Gasteiger partial charge < -0.3 is 28.6 Å². The molecule has 0 radical (unpaired) electrons. The number of esters is 2. The van der Waals surface area contributed by atoms with Crippen LogP contribution in [0.4, 0.5) is 0 Å². The molecule has 56 heavy (non-hydrogen) atoms. The van der Waals surface area contributed by atoms with Gasteiger partial charge in [-0.05, 0) is 32.1 Å². The van der Waals surface area contributed by atoms with E-state index in [-0.39, 0.29) is 42.7 Å². The highest BCUT2D eigenvalue weighted by atomic mass is 16.6. The van der Waals surface area contributed by atoms with E-state index in [0.29, 0.717) is 12.8 Å². The van der Waals surface area contributed by atoms with Crippen LogP contribution in [0.3, 0.4) is 0 Å². The highest BCUT2D eigenvalue weighted by Gasteiger charge is 2.25. The minimum atomic E-state index is -1.13. The van der Waals surface area contributed by atoms with Crippen molar-refractivity contribution in [1.82, 2.24) is 0 Å². The highest BCUT2D eigenvalue weighted by Crippen LogP contribution is 2.15. The first-order valence-corrected chi connectivity index (χ1v) is 22.7. The van der Waals surface area contributed by atoms with E-state index in [0.717, 1.165) is 64.2 Å². The first kappa shape index (κ1) is 53.3. The third kappa shape index (κ3) is 36.9.